The fourth-order valence-corrected chi connectivity index (χ4v) is 2.38. The summed E-state index contributed by atoms with van der Waals surface area (Å²) in [6.07, 6.45) is 0. The number of rotatable bonds is 2. The molecule has 2 aromatic heterocycles. The van der Waals surface area contributed by atoms with E-state index < -0.39 is 5.97 Å². The summed E-state index contributed by atoms with van der Waals surface area (Å²) in [5.41, 5.74) is 8.21. The molecule has 0 amide bonds. The molecule has 4 rings (SSSR count). The predicted molar refractivity (Wildman–Crippen MR) is 80.6 cm³/mol. The van der Waals surface area contributed by atoms with Crippen molar-refractivity contribution in [1.82, 2.24) is 4.98 Å². The quantitative estimate of drug-likeness (QED) is 0.586. The van der Waals surface area contributed by atoms with E-state index in [0.29, 0.717) is 28.1 Å². The fourth-order valence-electron chi connectivity index (χ4n) is 2.38. The van der Waals surface area contributed by atoms with Crippen LogP contribution in [0.25, 0.3) is 33.7 Å². The van der Waals surface area contributed by atoms with Gasteiger partial charge in [0.1, 0.15) is 11.1 Å². The van der Waals surface area contributed by atoms with Crippen molar-refractivity contribution in [1.29, 1.82) is 0 Å². The zero-order valence-corrected chi connectivity index (χ0v) is 11.2. The molecule has 0 atom stereocenters. The Hall–Kier alpha value is -3.28. The maximum atomic E-state index is 11.0. The molecule has 0 bridgehead atoms. The number of carboxylic acids is 1. The molecule has 3 N–H and O–H groups in total. The van der Waals surface area contributed by atoms with E-state index in [2.05, 4.69) is 4.98 Å². The Bertz CT molecular complexity index is 1030. The van der Waals surface area contributed by atoms with Crippen molar-refractivity contribution in [3.63, 3.8) is 0 Å². The lowest BCUT2D eigenvalue weighted by atomic mass is 10.2. The fraction of sp³-hybridized carbons (Fsp3) is 0. The molecule has 0 spiro atoms. The number of aromatic carboxylic acids is 1. The number of benzene rings is 2. The molecule has 4 aromatic rings. The second kappa shape index (κ2) is 4.36. The van der Waals surface area contributed by atoms with Crippen LogP contribution in [0.1, 0.15) is 10.4 Å². The Morgan fingerprint density at radius 1 is 1.09 bits per heavy atom. The minimum Gasteiger partial charge on any atom is -0.478 e. The topological polar surface area (TPSA) is 102 Å². The molecule has 6 heteroatoms. The Balaban J connectivity index is 1.92. The molecule has 0 fully saturated rings. The van der Waals surface area contributed by atoms with Crippen molar-refractivity contribution in [2.24, 2.45) is 0 Å². The van der Waals surface area contributed by atoms with Gasteiger partial charge < -0.3 is 19.7 Å². The van der Waals surface area contributed by atoms with Gasteiger partial charge in [0.25, 0.3) is 5.89 Å². The van der Waals surface area contributed by atoms with Crippen LogP contribution >= 0.6 is 0 Å². The lowest BCUT2D eigenvalue weighted by Crippen LogP contribution is -1.94. The number of aromatic nitrogens is 1. The Morgan fingerprint density at radius 3 is 2.68 bits per heavy atom. The van der Waals surface area contributed by atoms with Crippen molar-refractivity contribution in [3.05, 3.63) is 48.0 Å². The highest BCUT2D eigenvalue weighted by atomic mass is 16.4. The summed E-state index contributed by atoms with van der Waals surface area (Å²) in [4.78, 5) is 15.3. The van der Waals surface area contributed by atoms with E-state index >= 15 is 0 Å². The van der Waals surface area contributed by atoms with Crippen molar-refractivity contribution in [2.75, 3.05) is 5.73 Å². The predicted octanol–water partition coefficient (Wildman–Crippen LogP) is 3.52. The smallest absolute Gasteiger partial charge is 0.335 e. The van der Waals surface area contributed by atoms with E-state index in [1.165, 1.54) is 12.1 Å². The molecule has 22 heavy (non-hydrogen) atoms. The van der Waals surface area contributed by atoms with Crippen LogP contribution < -0.4 is 5.73 Å². The number of nitrogens with two attached hydrogens (primary N) is 1. The van der Waals surface area contributed by atoms with Gasteiger partial charge >= 0.3 is 5.97 Å². The summed E-state index contributed by atoms with van der Waals surface area (Å²) in [6.45, 7) is 0. The molecular formula is C16H10N2O4. The molecule has 0 saturated heterocycles. The second-order valence-electron chi connectivity index (χ2n) is 4.85. The minimum absolute atomic E-state index is 0.132. The standard InChI is InChI=1S/C16H10N2O4/c17-13-9-3-1-2-4-11(9)21-14(13)15-18-10-6-5-8(16(19)20)7-12(10)22-15/h1-7H,17H2,(H,19,20). The molecule has 0 saturated carbocycles. The van der Waals surface area contributed by atoms with Gasteiger partial charge in [-0.05, 0) is 30.3 Å². The van der Waals surface area contributed by atoms with E-state index in [-0.39, 0.29) is 11.5 Å². The van der Waals surface area contributed by atoms with E-state index in [1.807, 2.05) is 18.2 Å². The number of carbonyl (C=O) groups is 1. The molecule has 0 radical (unpaired) electrons. The number of hydrogen-bond donors (Lipinski definition) is 2. The van der Waals surface area contributed by atoms with E-state index in [9.17, 15) is 4.79 Å². The van der Waals surface area contributed by atoms with Crippen LogP contribution in [0.4, 0.5) is 5.69 Å². The molecule has 2 heterocycles. The van der Waals surface area contributed by atoms with E-state index in [1.54, 1.807) is 12.1 Å². The summed E-state index contributed by atoms with van der Waals surface area (Å²) in [5.74, 6) is -0.455. The molecule has 108 valence electrons. The Morgan fingerprint density at radius 2 is 1.91 bits per heavy atom. The van der Waals surface area contributed by atoms with E-state index in [4.69, 9.17) is 19.7 Å². The van der Waals surface area contributed by atoms with Crippen LogP contribution in [-0.4, -0.2) is 16.1 Å². The van der Waals surface area contributed by atoms with Crippen molar-refractivity contribution >= 4 is 33.7 Å². The SMILES string of the molecule is Nc1c(-c2nc3ccc(C(=O)O)cc3o2)oc2ccccc12. The maximum Gasteiger partial charge on any atom is 0.335 e. The highest BCUT2D eigenvalue weighted by Gasteiger charge is 2.19. The van der Waals surface area contributed by atoms with Gasteiger partial charge in [0.05, 0.1) is 11.3 Å². The number of para-hydroxylation sites is 1. The monoisotopic (exact) mass is 294 g/mol. The zero-order valence-electron chi connectivity index (χ0n) is 11.2. The van der Waals surface area contributed by atoms with Crippen LogP contribution in [0, 0.1) is 0 Å². The zero-order chi connectivity index (χ0) is 15.3. The van der Waals surface area contributed by atoms with Crippen molar-refractivity contribution in [3.8, 4) is 11.7 Å². The summed E-state index contributed by atoms with van der Waals surface area (Å²) in [6, 6.07) is 11.9. The van der Waals surface area contributed by atoms with E-state index in [0.717, 1.165) is 5.39 Å². The average molecular weight is 294 g/mol. The first-order chi connectivity index (χ1) is 10.6. The third-order valence-electron chi connectivity index (χ3n) is 3.46. The van der Waals surface area contributed by atoms with Gasteiger partial charge in [-0.1, -0.05) is 12.1 Å². The lowest BCUT2D eigenvalue weighted by Gasteiger charge is -1.91. The minimum atomic E-state index is -1.02. The first-order valence-corrected chi connectivity index (χ1v) is 6.55. The maximum absolute atomic E-state index is 11.0. The summed E-state index contributed by atoms with van der Waals surface area (Å²) in [5, 5.41) is 9.79. The second-order valence-corrected chi connectivity index (χ2v) is 4.85. The number of carboxylic acid groups (broad SMARTS) is 1. The van der Waals surface area contributed by atoms with Gasteiger partial charge in [-0.3, -0.25) is 0 Å². The lowest BCUT2D eigenvalue weighted by molar-refractivity contribution is 0.0697. The number of fused-ring (bicyclic) bond motifs is 2. The summed E-state index contributed by atoms with van der Waals surface area (Å²) < 4.78 is 11.3. The first-order valence-electron chi connectivity index (χ1n) is 6.55. The average Bonchev–Trinajstić information content (AvgIpc) is 3.08. The van der Waals surface area contributed by atoms with Gasteiger partial charge in [-0.15, -0.1) is 0 Å². The Labute approximate surface area is 123 Å². The van der Waals surface area contributed by atoms with Crippen LogP contribution in [-0.2, 0) is 0 Å². The third-order valence-corrected chi connectivity index (χ3v) is 3.46. The highest BCUT2D eigenvalue weighted by Crippen LogP contribution is 2.36. The van der Waals surface area contributed by atoms with Gasteiger partial charge in [0.15, 0.2) is 5.58 Å². The van der Waals surface area contributed by atoms with Gasteiger partial charge in [0.2, 0.25) is 5.76 Å². The largest absolute Gasteiger partial charge is 0.478 e. The van der Waals surface area contributed by atoms with Gasteiger partial charge in [-0.25, -0.2) is 9.78 Å². The molecular weight excluding hydrogens is 284 g/mol. The summed E-state index contributed by atoms with van der Waals surface area (Å²) in [7, 11) is 0. The molecule has 0 aliphatic heterocycles. The third kappa shape index (κ3) is 1.74. The number of furan rings is 1. The molecule has 0 aliphatic carbocycles. The van der Waals surface area contributed by atoms with Gasteiger partial charge in [-0.2, -0.15) is 0 Å². The normalized spacial score (nSPS) is 11.3. The van der Waals surface area contributed by atoms with Crippen LogP contribution in [0.5, 0.6) is 0 Å². The first kappa shape index (κ1) is 12.5. The van der Waals surface area contributed by atoms with Crippen LogP contribution in [0.2, 0.25) is 0 Å². The highest BCUT2D eigenvalue weighted by molar-refractivity contribution is 5.97. The molecule has 0 aliphatic rings. The number of hydrogen-bond acceptors (Lipinski definition) is 5. The van der Waals surface area contributed by atoms with Gasteiger partial charge in [0, 0.05) is 5.39 Å². The summed E-state index contributed by atoms with van der Waals surface area (Å²) >= 11 is 0. The van der Waals surface area contributed by atoms with Crippen molar-refractivity contribution in [2.45, 2.75) is 0 Å². The number of anilines is 1. The Kier molecular flexibility index (Phi) is 2.47. The van der Waals surface area contributed by atoms with Crippen LogP contribution in [0.3, 0.4) is 0 Å². The number of nitrogen functional groups attached to an aromatic ring is 1. The van der Waals surface area contributed by atoms with Crippen molar-refractivity contribution < 1.29 is 18.7 Å². The number of oxazole rings is 1. The number of nitrogens with zero attached hydrogens (tertiary/aromatic N) is 1. The molecule has 0 unspecified atom stereocenters. The molecule has 6 nitrogen and oxygen atoms in total. The molecule has 2 aromatic carbocycles. The van der Waals surface area contributed by atoms with Crippen LogP contribution in [0.15, 0.2) is 51.3 Å².